The molecule has 0 bridgehead atoms. The standard InChI is InChI=1S/C30H30BN3O4/c1-21(29(35)32-20-26-13-8-14-27(33-26)25-11-6-3-7-12-25)30(36)34-28(31(37)38)19-22-15-17-24(18-16-22)23-9-4-2-5-10-23/h2-18,21,28,37-38H,19-20H2,1H3,(H,32,35)(H,34,36). The number of carbonyl (C=O) groups excluding carboxylic acids is 2. The van der Waals surface area contributed by atoms with E-state index < -0.39 is 30.8 Å². The van der Waals surface area contributed by atoms with Crippen molar-refractivity contribution in [1.82, 2.24) is 15.6 Å². The average molecular weight is 507 g/mol. The van der Waals surface area contributed by atoms with Gasteiger partial charge in [0.15, 0.2) is 0 Å². The Kier molecular flexibility index (Phi) is 9.03. The van der Waals surface area contributed by atoms with Crippen LogP contribution in [0.25, 0.3) is 22.4 Å². The maximum atomic E-state index is 12.8. The van der Waals surface area contributed by atoms with Crippen LogP contribution in [0.5, 0.6) is 0 Å². The highest BCUT2D eigenvalue weighted by atomic mass is 16.4. The minimum absolute atomic E-state index is 0.164. The molecule has 0 saturated heterocycles. The Hall–Kier alpha value is -4.27. The number of nitrogens with zero attached hydrogens (tertiary/aromatic N) is 1. The number of hydrogen-bond donors (Lipinski definition) is 4. The molecule has 2 unspecified atom stereocenters. The van der Waals surface area contributed by atoms with Gasteiger partial charge in [0.05, 0.1) is 23.9 Å². The molecule has 3 aromatic carbocycles. The van der Waals surface area contributed by atoms with Gasteiger partial charge < -0.3 is 20.7 Å². The fourth-order valence-corrected chi connectivity index (χ4v) is 4.05. The second-order valence-electron chi connectivity index (χ2n) is 9.12. The molecule has 0 fully saturated rings. The third-order valence-electron chi connectivity index (χ3n) is 6.31. The van der Waals surface area contributed by atoms with Gasteiger partial charge in [-0.3, -0.25) is 14.6 Å². The van der Waals surface area contributed by atoms with Gasteiger partial charge in [0.2, 0.25) is 11.8 Å². The highest BCUT2D eigenvalue weighted by Gasteiger charge is 2.29. The quantitative estimate of drug-likeness (QED) is 0.194. The van der Waals surface area contributed by atoms with E-state index in [-0.39, 0.29) is 13.0 Å². The van der Waals surface area contributed by atoms with Crippen LogP contribution in [0.15, 0.2) is 103 Å². The van der Waals surface area contributed by atoms with Crippen molar-refractivity contribution in [2.45, 2.75) is 25.8 Å². The molecule has 192 valence electrons. The molecule has 7 nitrogen and oxygen atoms in total. The third kappa shape index (κ3) is 7.15. The minimum atomic E-state index is -1.78. The fourth-order valence-electron chi connectivity index (χ4n) is 4.05. The van der Waals surface area contributed by atoms with E-state index in [1.807, 2.05) is 97.1 Å². The summed E-state index contributed by atoms with van der Waals surface area (Å²) >= 11 is 0. The smallest absolute Gasteiger partial charge is 0.426 e. The van der Waals surface area contributed by atoms with Crippen LogP contribution in [-0.2, 0) is 22.6 Å². The van der Waals surface area contributed by atoms with Crippen LogP contribution in [0.1, 0.15) is 18.2 Å². The lowest BCUT2D eigenvalue weighted by Gasteiger charge is -2.20. The molecule has 0 aliphatic carbocycles. The van der Waals surface area contributed by atoms with Gasteiger partial charge in [0, 0.05) is 5.56 Å². The second-order valence-corrected chi connectivity index (χ2v) is 9.12. The normalized spacial score (nSPS) is 12.3. The van der Waals surface area contributed by atoms with E-state index in [1.54, 1.807) is 6.07 Å². The van der Waals surface area contributed by atoms with Crippen molar-refractivity contribution in [2.24, 2.45) is 5.92 Å². The van der Waals surface area contributed by atoms with E-state index in [2.05, 4.69) is 15.6 Å². The van der Waals surface area contributed by atoms with Crippen LogP contribution in [0.2, 0.25) is 0 Å². The summed E-state index contributed by atoms with van der Waals surface area (Å²) in [4.78, 5) is 30.0. The summed E-state index contributed by atoms with van der Waals surface area (Å²) in [5.41, 5.74) is 5.36. The Morgan fingerprint density at radius 2 is 1.37 bits per heavy atom. The lowest BCUT2D eigenvalue weighted by Crippen LogP contribution is -2.51. The first-order chi connectivity index (χ1) is 18.4. The van der Waals surface area contributed by atoms with Gasteiger partial charge >= 0.3 is 7.12 Å². The Bertz CT molecular complexity index is 1350. The topological polar surface area (TPSA) is 112 Å². The summed E-state index contributed by atoms with van der Waals surface area (Å²) in [6.45, 7) is 1.64. The number of aromatic nitrogens is 1. The number of carbonyl (C=O) groups is 2. The van der Waals surface area contributed by atoms with Gasteiger partial charge in [-0.15, -0.1) is 0 Å². The fraction of sp³-hybridized carbons (Fsp3) is 0.167. The zero-order valence-electron chi connectivity index (χ0n) is 21.1. The van der Waals surface area contributed by atoms with E-state index in [4.69, 9.17) is 0 Å². The summed E-state index contributed by atoms with van der Waals surface area (Å²) < 4.78 is 0. The minimum Gasteiger partial charge on any atom is -0.426 e. The number of benzene rings is 3. The van der Waals surface area contributed by atoms with Crippen LogP contribution in [-0.4, -0.2) is 39.9 Å². The van der Waals surface area contributed by atoms with Crippen LogP contribution in [0.4, 0.5) is 0 Å². The summed E-state index contributed by atoms with van der Waals surface area (Å²) in [6, 6.07) is 32.9. The first kappa shape index (κ1) is 26.8. The monoisotopic (exact) mass is 507 g/mol. The van der Waals surface area contributed by atoms with Crippen molar-refractivity contribution in [3.05, 3.63) is 114 Å². The Labute approximate surface area is 222 Å². The zero-order valence-corrected chi connectivity index (χ0v) is 21.1. The summed E-state index contributed by atoms with van der Waals surface area (Å²) in [5.74, 6) is -3.07. The highest BCUT2D eigenvalue weighted by Crippen LogP contribution is 2.20. The molecule has 0 aliphatic rings. The molecule has 8 heteroatoms. The number of pyridine rings is 1. The number of rotatable bonds is 10. The summed E-state index contributed by atoms with van der Waals surface area (Å²) in [5, 5.41) is 25.1. The van der Waals surface area contributed by atoms with Crippen molar-refractivity contribution >= 4 is 18.9 Å². The predicted molar refractivity (Wildman–Crippen MR) is 148 cm³/mol. The van der Waals surface area contributed by atoms with Crippen LogP contribution >= 0.6 is 0 Å². The summed E-state index contributed by atoms with van der Waals surface area (Å²) in [6.07, 6.45) is 0.197. The number of nitrogens with one attached hydrogen (secondary N) is 2. The third-order valence-corrected chi connectivity index (χ3v) is 6.31. The van der Waals surface area contributed by atoms with Crippen molar-refractivity contribution in [3.63, 3.8) is 0 Å². The van der Waals surface area contributed by atoms with Gasteiger partial charge in [0.25, 0.3) is 0 Å². The van der Waals surface area contributed by atoms with E-state index in [0.717, 1.165) is 27.9 Å². The number of amides is 2. The molecular formula is C30H30BN3O4. The maximum absolute atomic E-state index is 12.8. The Morgan fingerprint density at radius 1 is 0.763 bits per heavy atom. The summed E-state index contributed by atoms with van der Waals surface area (Å²) in [7, 11) is -1.78. The molecule has 2 amide bonds. The SMILES string of the molecule is CC(C(=O)NCc1cccc(-c2ccccc2)n1)C(=O)NC(Cc1ccc(-c2ccccc2)cc1)B(O)O. The maximum Gasteiger partial charge on any atom is 0.475 e. The van der Waals surface area contributed by atoms with Gasteiger partial charge in [-0.25, -0.2) is 0 Å². The molecule has 1 aromatic heterocycles. The Morgan fingerprint density at radius 3 is 2.00 bits per heavy atom. The van der Waals surface area contributed by atoms with Gasteiger partial charge in [-0.1, -0.05) is 91.0 Å². The molecular weight excluding hydrogens is 477 g/mol. The van der Waals surface area contributed by atoms with Crippen LogP contribution in [0.3, 0.4) is 0 Å². The molecule has 38 heavy (non-hydrogen) atoms. The van der Waals surface area contributed by atoms with Gasteiger partial charge in [0.1, 0.15) is 5.92 Å². The number of hydrogen-bond acceptors (Lipinski definition) is 5. The second kappa shape index (κ2) is 12.8. The predicted octanol–water partition coefficient (Wildman–Crippen LogP) is 3.41. The molecule has 0 saturated carbocycles. The van der Waals surface area contributed by atoms with Crippen molar-refractivity contribution in [1.29, 1.82) is 0 Å². The molecule has 4 aromatic rings. The zero-order chi connectivity index (χ0) is 26.9. The first-order valence-electron chi connectivity index (χ1n) is 12.5. The molecule has 1 heterocycles. The highest BCUT2D eigenvalue weighted by molar-refractivity contribution is 6.43. The van der Waals surface area contributed by atoms with E-state index >= 15 is 0 Å². The lowest BCUT2D eigenvalue weighted by molar-refractivity contribution is -0.134. The molecule has 0 spiro atoms. The average Bonchev–Trinajstić information content (AvgIpc) is 2.96. The lowest BCUT2D eigenvalue weighted by atomic mass is 9.75. The van der Waals surface area contributed by atoms with E-state index in [9.17, 15) is 19.6 Å². The first-order valence-corrected chi connectivity index (χ1v) is 12.5. The molecule has 4 N–H and O–H groups in total. The molecule has 2 atom stereocenters. The van der Waals surface area contributed by atoms with Crippen molar-refractivity contribution in [3.8, 4) is 22.4 Å². The molecule has 4 rings (SSSR count). The van der Waals surface area contributed by atoms with Crippen molar-refractivity contribution < 1.29 is 19.6 Å². The Balaban J connectivity index is 1.32. The van der Waals surface area contributed by atoms with Crippen molar-refractivity contribution in [2.75, 3.05) is 0 Å². The van der Waals surface area contributed by atoms with Gasteiger partial charge in [-0.2, -0.15) is 0 Å². The van der Waals surface area contributed by atoms with Gasteiger partial charge in [-0.05, 0) is 42.2 Å². The molecule has 0 radical (unpaired) electrons. The van der Waals surface area contributed by atoms with E-state index in [0.29, 0.717) is 5.69 Å². The largest absolute Gasteiger partial charge is 0.475 e. The van der Waals surface area contributed by atoms with Crippen LogP contribution < -0.4 is 10.6 Å². The molecule has 0 aliphatic heterocycles. The van der Waals surface area contributed by atoms with Crippen LogP contribution in [0, 0.1) is 5.92 Å². The van der Waals surface area contributed by atoms with E-state index in [1.165, 1.54) is 6.92 Å².